The summed E-state index contributed by atoms with van der Waals surface area (Å²) in [5.74, 6) is 0.542. The van der Waals surface area contributed by atoms with Crippen molar-refractivity contribution in [2.75, 3.05) is 6.54 Å². The second-order valence-electron chi connectivity index (χ2n) is 5.79. The minimum absolute atomic E-state index is 0.257. The Bertz CT molecular complexity index is 488. The third-order valence-electron chi connectivity index (χ3n) is 4.88. The SMILES string of the molecule is C[C@@H]1CN(C#N)C2Cc3ccccc3[C@@]1(C)C2. The van der Waals surface area contributed by atoms with E-state index in [1.54, 1.807) is 0 Å². The second-order valence-corrected chi connectivity index (χ2v) is 5.79. The summed E-state index contributed by atoms with van der Waals surface area (Å²) < 4.78 is 0. The highest BCUT2D eigenvalue weighted by Crippen LogP contribution is 2.47. The summed E-state index contributed by atoms with van der Waals surface area (Å²) in [6.07, 6.45) is 4.53. The van der Waals surface area contributed by atoms with Crippen LogP contribution in [0.4, 0.5) is 0 Å². The predicted octanol–water partition coefficient (Wildman–Crippen LogP) is 2.69. The van der Waals surface area contributed by atoms with E-state index in [0.717, 1.165) is 19.4 Å². The Kier molecular flexibility index (Phi) is 2.19. The molecule has 1 unspecified atom stereocenters. The van der Waals surface area contributed by atoms with Crippen LogP contribution in [-0.4, -0.2) is 17.5 Å². The summed E-state index contributed by atoms with van der Waals surface area (Å²) in [6, 6.07) is 9.19. The van der Waals surface area contributed by atoms with Gasteiger partial charge >= 0.3 is 0 Å². The van der Waals surface area contributed by atoms with Gasteiger partial charge in [0, 0.05) is 12.6 Å². The number of fused-ring (bicyclic) bond motifs is 4. The van der Waals surface area contributed by atoms with Gasteiger partial charge in [0.25, 0.3) is 0 Å². The Labute approximate surface area is 103 Å². The molecule has 0 radical (unpaired) electrons. The van der Waals surface area contributed by atoms with Crippen molar-refractivity contribution in [3.05, 3.63) is 35.4 Å². The molecule has 2 heteroatoms. The van der Waals surface area contributed by atoms with Crippen LogP contribution in [-0.2, 0) is 11.8 Å². The number of hydrogen-bond donors (Lipinski definition) is 0. The van der Waals surface area contributed by atoms with Gasteiger partial charge in [-0.1, -0.05) is 38.1 Å². The van der Waals surface area contributed by atoms with Crippen LogP contribution in [0.5, 0.6) is 0 Å². The van der Waals surface area contributed by atoms with Gasteiger partial charge in [-0.25, -0.2) is 0 Å². The zero-order valence-corrected chi connectivity index (χ0v) is 10.5. The van der Waals surface area contributed by atoms with Crippen molar-refractivity contribution in [1.82, 2.24) is 4.90 Å². The summed E-state index contributed by atoms with van der Waals surface area (Å²) in [5.41, 5.74) is 3.21. The van der Waals surface area contributed by atoms with Gasteiger partial charge in [0.1, 0.15) is 0 Å². The molecule has 17 heavy (non-hydrogen) atoms. The van der Waals surface area contributed by atoms with Crippen LogP contribution in [0.1, 0.15) is 31.4 Å². The molecule has 2 bridgehead atoms. The van der Waals surface area contributed by atoms with Crippen LogP contribution < -0.4 is 0 Å². The summed E-state index contributed by atoms with van der Waals surface area (Å²) in [7, 11) is 0. The van der Waals surface area contributed by atoms with Gasteiger partial charge in [0.05, 0.1) is 0 Å². The number of nitriles is 1. The zero-order valence-electron chi connectivity index (χ0n) is 10.5. The summed E-state index contributed by atoms with van der Waals surface area (Å²) in [6.45, 7) is 5.56. The average Bonchev–Trinajstić information content (AvgIpc) is 2.34. The fourth-order valence-corrected chi connectivity index (χ4v) is 3.64. The lowest BCUT2D eigenvalue weighted by Crippen LogP contribution is -2.54. The van der Waals surface area contributed by atoms with Gasteiger partial charge in [-0.2, -0.15) is 5.26 Å². The first-order valence-corrected chi connectivity index (χ1v) is 6.40. The lowest BCUT2D eigenvalue weighted by molar-refractivity contribution is 0.0860. The molecule has 0 spiro atoms. The van der Waals surface area contributed by atoms with E-state index in [-0.39, 0.29) is 5.41 Å². The molecule has 1 aromatic rings. The molecule has 1 aliphatic heterocycles. The molecular weight excluding hydrogens is 208 g/mol. The number of rotatable bonds is 0. The molecule has 1 aromatic carbocycles. The van der Waals surface area contributed by atoms with Crippen molar-refractivity contribution in [1.29, 1.82) is 5.26 Å². The third kappa shape index (κ3) is 1.38. The van der Waals surface area contributed by atoms with E-state index in [1.807, 2.05) is 4.90 Å². The van der Waals surface area contributed by atoms with Crippen LogP contribution in [0.25, 0.3) is 0 Å². The largest absolute Gasteiger partial charge is 0.307 e. The Morgan fingerprint density at radius 1 is 1.41 bits per heavy atom. The minimum Gasteiger partial charge on any atom is -0.307 e. The topological polar surface area (TPSA) is 27.0 Å². The second kappa shape index (κ2) is 3.50. The van der Waals surface area contributed by atoms with Gasteiger partial charge in [-0.15, -0.1) is 0 Å². The van der Waals surface area contributed by atoms with E-state index in [4.69, 9.17) is 0 Å². The molecule has 2 aliphatic rings. The van der Waals surface area contributed by atoms with E-state index in [0.29, 0.717) is 12.0 Å². The number of nitrogens with zero attached hydrogens (tertiary/aromatic N) is 2. The number of likely N-dealkylation sites (tertiary alicyclic amines) is 1. The zero-order chi connectivity index (χ0) is 12.0. The minimum atomic E-state index is 0.257. The van der Waals surface area contributed by atoms with Gasteiger partial charge in [-0.05, 0) is 35.3 Å². The standard InChI is InChI=1S/C15H18N2/c1-11-9-17(10-16)13-7-12-5-3-4-6-14(12)15(11,2)8-13/h3-6,11,13H,7-9H2,1-2H3/t11-,13?,15+/m1/s1. The van der Waals surface area contributed by atoms with Crippen molar-refractivity contribution in [3.8, 4) is 6.19 Å². The molecule has 1 aliphatic carbocycles. The van der Waals surface area contributed by atoms with Crippen molar-refractivity contribution in [3.63, 3.8) is 0 Å². The molecule has 0 amide bonds. The molecule has 3 rings (SSSR count). The molecule has 1 heterocycles. The molecule has 0 saturated carbocycles. The highest BCUT2D eigenvalue weighted by atomic mass is 15.2. The Hall–Kier alpha value is -1.49. The van der Waals surface area contributed by atoms with Crippen LogP contribution in [0, 0.1) is 17.4 Å². The summed E-state index contributed by atoms with van der Waals surface area (Å²) >= 11 is 0. The van der Waals surface area contributed by atoms with Crippen molar-refractivity contribution in [2.45, 2.75) is 38.1 Å². The van der Waals surface area contributed by atoms with Crippen LogP contribution in [0.15, 0.2) is 24.3 Å². The number of piperidine rings is 1. The van der Waals surface area contributed by atoms with Gasteiger partial charge in [0.15, 0.2) is 6.19 Å². The predicted molar refractivity (Wildman–Crippen MR) is 67.4 cm³/mol. The van der Waals surface area contributed by atoms with Crippen molar-refractivity contribution >= 4 is 0 Å². The lowest BCUT2D eigenvalue weighted by Gasteiger charge is -2.51. The Morgan fingerprint density at radius 3 is 2.94 bits per heavy atom. The Morgan fingerprint density at radius 2 is 2.18 bits per heavy atom. The quantitative estimate of drug-likeness (QED) is 0.636. The maximum Gasteiger partial charge on any atom is 0.179 e. The van der Waals surface area contributed by atoms with Crippen LogP contribution >= 0.6 is 0 Å². The van der Waals surface area contributed by atoms with E-state index in [2.05, 4.69) is 44.3 Å². The smallest absolute Gasteiger partial charge is 0.179 e. The maximum absolute atomic E-state index is 9.23. The van der Waals surface area contributed by atoms with Crippen molar-refractivity contribution < 1.29 is 0 Å². The molecule has 1 saturated heterocycles. The van der Waals surface area contributed by atoms with Crippen molar-refractivity contribution in [2.24, 2.45) is 5.92 Å². The highest BCUT2D eigenvalue weighted by Gasteiger charge is 2.46. The molecular formula is C15H18N2. The van der Waals surface area contributed by atoms with E-state index in [9.17, 15) is 5.26 Å². The molecule has 0 N–H and O–H groups in total. The number of benzene rings is 1. The maximum atomic E-state index is 9.23. The monoisotopic (exact) mass is 226 g/mol. The fourth-order valence-electron chi connectivity index (χ4n) is 3.64. The van der Waals surface area contributed by atoms with Gasteiger partial charge in [-0.3, -0.25) is 0 Å². The fraction of sp³-hybridized carbons (Fsp3) is 0.533. The third-order valence-corrected chi connectivity index (χ3v) is 4.88. The first-order chi connectivity index (χ1) is 8.15. The normalized spacial score (nSPS) is 35.0. The molecule has 3 atom stereocenters. The van der Waals surface area contributed by atoms with E-state index in [1.165, 1.54) is 11.1 Å². The molecule has 88 valence electrons. The lowest BCUT2D eigenvalue weighted by atomic mass is 9.60. The van der Waals surface area contributed by atoms with E-state index >= 15 is 0 Å². The summed E-state index contributed by atoms with van der Waals surface area (Å²) in [4.78, 5) is 1.99. The highest BCUT2D eigenvalue weighted by molar-refractivity contribution is 5.39. The average molecular weight is 226 g/mol. The Balaban J connectivity index is 2.12. The van der Waals surface area contributed by atoms with Gasteiger partial charge in [0.2, 0.25) is 0 Å². The van der Waals surface area contributed by atoms with E-state index < -0.39 is 0 Å². The first-order valence-electron chi connectivity index (χ1n) is 6.40. The first kappa shape index (κ1) is 10.7. The summed E-state index contributed by atoms with van der Waals surface area (Å²) in [5, 5.41) is 9.23. The molecule has 2 nitrogen and oxygen atoms in total. The van der Waals surface area contributed by atoms with Gasteiger partial charge < -0.3 is 4.90 Å². The van der Waals surface area contributed by atoms with Crippen LogP contribution in [0.2, 0.25) is 0 Å². The van der Waals surface area contributed by atoms with Crippen LogP contribution in [0.3, 0.4) is 0 Å². The molecule has 0 aromatic heterocycles. The number of hydrogen-bond acceptors (Lipinski definition) is 2. The molecule has 1 fully saturated rings.